The minimum atomic E-state index is 0.0841. The van der Waals surface area contributed by atoms with Crippen LogP contribution in [0.1, 0.15) is 33.1 Å². The maximum Gasteiger partial charge on any atom is 0.220 e. The van der Waals surface area contributed by atoms with E-state index in [0.717, 1.165) is 40.8 Å². The molecule has 3 rings (SSSR count). The molecule has 30 heavy (non-hydrogen) atoms. The number of hydrogen-bond acceptors (Lipinski definition) is 4. The molecule has 1 amide bonds. The van der Waals surface area contributed by atoms with Gasteiger partial charge in [-0.1, -0.05) is 72.2 Å². The highest BCUT2D eigenvalue weighted by molar-refractivity contribution is 7.99. The average molecular weight is 463 g/mol. The zero-order valence-electron chi connectivity index (χ0n) is 16.9. The number of thioether (sulfide) groups is 1. The third-order valence-corrected chi connectivity index (χ3v) is 6.38. The molecule has 0 fully saturated rings. The molecule has 1 aromatic heterocycles. The van der Waals surface area contributed by atoms with Crippen molar-refractivity contribution in [1.82, 2.24) is 20.1 Å². The first-order chi connectivity index (χ1) is 14.5. The number of benzene rings is 2. The molecule has 0 bridgehead atoms. The van der Waals surface area contributed by atoms with Crippen molar-refractivity contribution < 1.29 is 4.79 Å². The van der Waals surface area contributed by atoms with Crippen molar-refractivity contribution in [3.63, 3.8) is 0 Å². The number of carbonyl (C=O) groups is 1. The van der Waals surface area contributed by atoms with Gasteiger partial charge in [0.2, 0.25) is 5.91 Å². The van der Waals surface area contributed by atoms with Crippen molar-refractivity contribution in [2.45, 2.75) is 44.3 Å². The number of aromatic nitrogens is 3. The standard InChI is InChI=1S/C22H24Cl2N4OS/c1-3-15(2)25-20(29)10-7-13-30-22-27-26-21(16-8-5-4-6-9-16)28(22)17-11-12-18(23)19(24)14-17/h4-6,8-9,11-12,14-15H,3,7,10,13H2,1-2H3,(H,25,29). The van der Waals surface area contributed by atoms with Gasteiger partial charge in [-0.3, -0.25) is 9.36 Å². The molecule has 0 radical (unpaired) electrons. The van der Waals surface area contributed by atoms with E-state index < -0.39 is 0 Å². The molecule has 1 N–H and O–H groups in total. The lowest BCUT2D eigenvalue weighted by Gasteiger charge is -2.12. The van der Waals surface area contributed by atoms with E-state index in [4.69, 9.17) is 23.2 Å². The molecule has 1 unspecified atom stereocenters. The molecule has 0 saturated carbocycles. The largest absolute Gasteiger partial charge is 0.354 e. The quantitative estimate of drug-likeness (QED) is 0.311. The van der Waals surface area contributed by atoms with E-state index in [0.29, 0.717) is 16.5 Å². The third-order valence-electron chi connectivity index (χ3n) is 4.63. The Morgan fingerprint density at radius 2 is 1.90 bits per heavy atom. The Bertz CT molecular complexity index is 994. The van der Waals surface area contributed by atoms with Gasteiger partial charge in [-0.25, -0.2) is 0 Å². The zero-order valence-corrected chi connectivity index (χ0v) is 19.3. The second-order valence-electron chi connectivity index (χ2n) is 6.93. The number of carbonyl (C=O) groups excluding carboxylic acids is 1. The fourth-order valence-corrected chi connectivity index (χ4v) is 4.02. The fourth-order valence-electron chi connectivity index (χ4n) is 2.84. The Hall–Kier alpha value is -2.02. The maximum atomic E-state index is 12.0. The molecule has 1 heterocycles. The van der Waals surface area contributed by atoms with Crippen LogP contribution in [0.2, 0.25) is 10.0 Å². The van der Waals surface area contributed by atoms with Crippen LogP contribution in [-0.2, 0) is 4.79 Å². The lowest BCUT2D eigenvalue weighted by atomic mass is 10.2. The molecule has 0 aliphatic carbocycles. The highest BCUT2D eigenvalue weighted by Gasteiger charge is 2.17. The van der Waals surface area contributed by atoms with Gasteiger partial charge in [-0.15, -0.1) is 10.2 Å². The van der Waals surface area contributed by atoms with Gasteiger partial charge in [0.1, 0.15) is 0 Å². The van der Waals surface area contributed by atoms with Gasteiger partial charge < -0.3 is 5.32 Å². The van der Waals surface area contributed by atoms with Crippen LogP contribution in [0.15, 0.2) is 53.7 Å². The van der Waals surface area contributed by atoms with Crippen molar-refractivity contribution >= 4 is 40.9 Å². The van der Waals surface area contributed by atoms with E-state index in [-0.39, 0.29) is 11.9 Å². The molecule has 2 aromatic carbocycles. The molecule has 0 aliphatic rings. The van der Waals surface area contributed by atoms with Crippen LogP contribution in [-0.4, -0.2) is 32.5 Å². The zero-order chi connectivity index (χ0) is 21.5. The molecule has 0 saturated heterocycles. The predicted molar refractivity (Wildman–Crippen MR) is 125 cm³/mol. The number of nitrogens with one attached hydrogen (secondary N) is 1. The van der Waals surface area contributed by atoms with E-state index in [2.05, 4.69) is 22.4 Å². The maximum absolute atomic E-state index is 12.0. The SMILES string of the molecule is CCC(C)NC(=O)CCCSc1nnc(-c2ccccc2)n1-c1ccc(Cl)c(Cl)c1. The van der Waals surface area contributed by atoms with Crippen molar-refractivity contribution in [3.05, 3.63) is 58.6 Å². The Morgan fingerprint density at radius 3 is 2.60 bits per heavy atom. The van der Waals surface area contributed by atoms with Crippen molar-refractivity contribution in [2.24, 2.45) is 0 Å². The Labute approximate surface area is 191 Å². The summed E-state index contributed by atoms with van der Waals surface area (Å²) in [4.78, 5) is 12.0. The van der Waals surface area contributed by atoms with Crippen LogP contribution in [0.4, 0.5) is 0 Å². The van der Waals surface area contributed by atoms with E-state index in [1.807, 2.05) is 54.0 Å². The summed E-state index contributed by atoms with van der Waals surface area (Å²) < 4.78 is 1.97. The van der Waals surface area contributed by atoms with Crippen LogP contribution in [0, 0.1) is 0 Å². The molecule has 0 aliphatic heterocycles. The molecule has 0 spiro atoms. The van der Waals surface area contributed by atoms with E-state index in [1.54, 1.807) is 17.8 Å². The summed E-state index contributed by atoms with van der Waals surface area (Å²) in [6.07, 6.45) is 2.17. The molecule has 158 valence electrons. The number of rotatable bonds is 9. The second-order valence-corrected chi connectivity index (χ2v) is 8.81. The lowest BCUT2D eigenvalue weighted by Crippen LogP contribution is -2.31. The van der Waals surface area contributed by atoms with Gasteiger partial charge >= 0.3 is 0 Å². The average Bonchev–Trinajstić information content (AvgIpc) is 3.17. The summed E-state index contributed by atoms with van der Waals surface area (Å²) in [6, 6.07) is 15.5. The molecule has 8 heteroatoms. The first kappa shape index (κ1) is 22.7. The summed E-state index contributed by atoms with van der Waals surface area (Å²) in [5, 5.41) is 13.5. The third kappa shape index (κ3) is 5.78. The van der Waals surface area contributed by atoms with Gasteiger partial charge in [0.05, 0.1) is 15.7 Å². The minimum absolute atomic E-state index is 0.0841. The Morgan fingerprint density at radius 1 is 1.13 bits per heavy atom. The van der Waals surface area contributed by atoms with Gasteiger partial charge in [0.15, 0.2) is 11.0 Å². The number of nitrogens with zero attached hydrogens (tertiary/aromatic N) is 3. The van der Waals surface area contributed by atoms with Crippen LogP contribution < -0.4 is 5.32 Å². The highest BCUT2D eigenvalue weighted by atomic mass is 35.5. The van der Waals surface area contributed by atoms with Crippen LogP contribution in [0.25, 0.3) is 17.1 Å². The summed E-state index contributed by atoms with van der Waals surface area (Å²) in [6.45, 7) is 4.07. The topological polar surface area (TPSA) is 59.8 Å². The molecule has 1 atom stereocenters. The summed E-state index contributed by atoms with van der Waals surface area (Å²) in [7, 11) is 0. The smallest absolute Gasteiger partial charge is 0.220 e. The van der Waals surface area contributed by atoms with Crippen molar-refractivity contribution in [1.29, 1.82) is 0 Å². The fraction of sp³-hybridized carbons (Fsp3) is 0.318. The van der Waals surface area contributed by atoms with E-state index in [9.17, 15) is 4.79 Å². The summed E-state index contributed by atoms with van der Waals surface area (Å²) >= 11 is 13.9. The first-order valence-corrected chi connectivity index (χ1v) is 11.6. The minimum Gasteiger partial charge on any atom is -0.354 e. The lowest BCUT2D eigenvalue weighted by molar-refractivity contribution is -0.121. The van der Waals surface area contributed by atoms with Gasteiger partial charge in [-0.05, 0) is 38.0 Å². The second kappa shape index (κ2) is 10.8. The first-order valence-electron chi connectivity index (χ1n) is 9.88. The van der Waals surface area contributed by atoms with E-state index in [1.165, 1.54) is 0 Å². The normalized spacial score (nSPS) is 12.0. The number of halogens is 2. The monoisotopic (exact) mass is 462 g/mol. The Balaban J connectivity index is 1.78. The summed E-state index contributed by atoms with van der Waals surface area (Å²) in [5.74, 6) is 1.56. The Kier molecular flexibility index (Phi) is 8.19. The number of amides is 1. The van der Waals surface area contributed by atoms with Gasteiger partial charge in [0, 0.05) is 23.8 Å². The molecule has 3 aromatic rings. The van der Waals surface area contributed by atoms with Crippen molar-refractivity contribution in [3.8, 4) is 17.1 Å². The van der Waals surface area contributed by atoms with Gasteiger partial charge in [-0.2, -0.15) is 0 Å². The molecular weight excluding hydrogens is 439 g/mol. The van der Waals surface area contributed by atoms with Crippen LogP contribution in [0.3, 0.4) is 0 Å². The highest BCUT2D eigenvalue weighted by Crippen LogP contribution is 2.31. The van der Waals surface area contributed by atoms with E-state index >= 15 is 0 Å². The predicted octanol–water partition coefficient (Wildman–Crippen LogP) is 6.03. The van der Waals surface area contributed by atoms with Crippen molar-refractivity contribution in [2.75, 3.05) is 5.75 Å². The van der Waals surface area contributed by atoms with Crippen LogP contribution >= 0.6 is 35.0 Å². The summed E-state index contributed by atoms with van der Waals surface area (Å²) in [5.41, 5.74) is 1.79. The molecule has 5 nitrogen and oxygen atoms in total. The van der Waals surface area contributed by atoms with Gasteiger partial charge in [0.25, 0.3) is 0 Å². The van der Waals surface area contributed by atoms with Crippen LogP contribution in [0.5, 0.6) is 0 Å². The molecular formula is C22H24Cl2N4OS. The number of hydrogen-bond donors (Lipinski definition) is 1.